The molecule has 3 nitrogen and oxygen atoms in total. The van der Waals surface area contributed by atoms with Crippen molar-refractivity contribution in [3.63, 3.8) is 0 Å². The van der Waals surface area contributed by atoms with Crippen molar-refractivity contribution < 1.29 is 4.39 Å². The van der Waals surface area contributed by atoms with Gasteiger partial charge in [-0.05, 0) is 38.6 Å². The molecule has 0 bridgehead atoms. The summed E-state index contributed by atoms with van der Waals surface area (Å²) in [5.74, 6) is -0.215. The van der Waals surface area contributed by atoms with Crippen molar-refractivity contribution in [3.05, 3.63) is 52.6 Å². The van der Waals surface area contributed by atoms with Crippen LogP contribution in [0.15, 0.2) is 24.3 Å². The van der Waals surface area contributed by atoms with E-state index in [0.29, 0.717) is 0 Å². The van der Waals surface area contributed by atoms with Crippen LogP contribution in [0.4, 0.5) is 4.39 Å². The quantitative estimate of drug-likeness (QED) is 0.903. The lowest BCUT2D eigenvalue weighted by Crippen LogP contribution is -2.19. The highest BCUT2D eigenvalue weighted by molar-refractivity contribution is 5.37. The summed E-state index contributed by atoms with van der Waals surface area (Å²) in [6.45, 7) is 4.04. The molecule has 1 heterocycles. The van der Waals surface area contributed by atoms with Crippen molar-refractivity contribution in [1.29, 1.82) is 0 Å². The molecule has 2 aromatic rings. The molecule has 0 saturated heterocycles. The third-order valence-corrected chi connectivity index (χ3v) is 3.35. The van der Waals surface area contributed by atoms with Crippen LogP contribution in [0.3, 0.4) is 0 Å². The zero-order valence-corrected chi connectivity index (χ0v) is 11.2. The third-order valence-electron chi connectivity index (χ3n) is 3.35. The van der Waals surface area contributed by atoms with Gasteiger partial charge in [0.15, 0.2) is 0 Å². The van der Waals surface area contributed by atoms with Crippen LogP contribution in [0, 0.1) is 19.7 Å². The van der Waals surface area contributed by atoms with E-state index in [4.69, 9.17) is 0 Å². The fourth-order valence-corrected chi connectivity index (χ4v) is 2.34. The number of halogens is 1. The van der Waals surface area contributed by atoms with Gasteiger partial charge < -0.3 is 5.32 Å². The van der Waals surface area contributed by atoms with Crippen LogP contribution in [0.1, 0.15) is 28.6 Å². The second-order valence-corrected chi connectivity index (χ2v) is 4.48. The monoisotopic (exact) mass is 247 g/mol. The van der Waals surface area contributed by atoms with Crippen molar-refractivity contribution in [3.8, 4) is 0 Å². The minimum Gasteiger partial charge on any atom is -0.309 e. The fourth-order valence-electron chi connectivity index (χ4n) is 2.34. The molecule has 0 aliphatic carbocycles. The Morgan fingerprint density at radius 1 is 1.22 bits per heavy atom. The zero-order chi connectivity index (χ0) is 13.3. The van der Waals surface area contributed by atoms with Crippen LogP contribution in [0.5, 0.6) is 0 Å². The first kappa shape index (κ1) is 12.8. The Kier molecular flexibility index (Phi) is 3.48. The first-order chi connectivity index (χ1) is 8.54. The summed E-state index contributed by atoms with van der Waals surface area (Å²) in [4.78, 5) is 0. The maximum Gasteiger partial charge on any atom is 0.123 e. The van der Waals surface area contributed by atoms with Crippen molar-refractivity contribution in [2.45, 2.75) is 19.9 Å². The van der Waals surface area contributed by atoms with Crippen molar-refractivity contribution in [2.24, 2.45) is 7.05 Å². The molecule has 1 aromatic heterocycles. The highest BCUT2D eigenvalue weighted by atomic mass is 19.1. The smallest absolute Gasteiger partial charge is 0.123 e. The predicted molar refractivity (Wildman–Crippen MR) is 70.0 cm³/mol. The van der Waals surface area contributed by atoms with Crippen LogP contribution >= 0.6 is 0 Å². The van der Waals surface area contributed by atoms with Crippen LogP contribution < -0.4 is 5.32 Å². The first-order valence-electron chi connectivity index (χ1n) is 5.97. The van der Waals surface area contributed by atoms with Crippen LogP contribution in [-0.4, -0.2) is 16.8 Å². The highest BCUT2D eigenvalue weighted by Crippen LogP contribution is 2.27. The maximum atomic E-state index is 13.0. The second kappa shape index (κ2) is 4.90. The van der Waals surface area contributed by atoms with Gasteiger partial charge >= 0.3 is 0 Å². The Hall–Kier alpha value is -1.68. The number of nitrogens with zero attached hydrogens (tertiary/aromatic N) is 2. The van der Waals surface area contributed by atoms with Gasteiger partial charge in [-0.15, -0.1) is 0 Å². The molecule has 0 saturated carbocycles. The molecule has 1 aromatic carbocycles. The lowest BCUT2D eigenvalue weighted by Gasteiger charge is -2.17. The van der Waals surface area contributed by atoms with Gasteiger partial charge in [0, 0.05) is 18.3 Å². The SMILES string of the molecule is CNC(c1ccc(F)cc1)c1c(C)nn(C)c1C. The van der Waals surface area contributed by atoms with E-state index in [1.54, 1.807) is 0 Å². The lowest BCUT2D eigenvalue weighted by atomic mass is 9.97. The van der Waals surface area contributed by atoms with Gasteiger partial charge in [-0.1, -0.05) is 12.1 Å². The maximum absolute atomic E-state index is 13.0. The van der Waals surface area contributed by atoms with Crippen LogP contribution in [-0.2, 0) is 7.05 Å². The van der Waals surface area contributed by atoms with E-state index >= 15 is 0 Å². The van der Waals surface area contributed by atoms with E-state index in [1.807, 2.05) is 44.8 Å². The predicted octanol–water partition coefficient (Wildman–Crippen LogP) is 2.48. The number of aryl methyl sites for hydroxylation is 2. The Morgan fingerprint density at radius 2 is 1.83 bits per heavy atom. The van der Waals surface area contributed by atoms with Gasteiger partial charge in [-0.3, -0.25) is 4.68 Å². The number of benzene rings is 1. The fraction of sp³-hybridized carbons (Fsp3) is 0.357. The summed E-state index contributed by atoms with van der Waals surface area (Å²) in [5, 5.41) is 7.70. The van der Waals surface area contributed by atoms with Gasteiger partial charge in [-0.2, -0.15) is 5.10 Å². The van der Waals surface area contributed by atoms with Crippen molar-refractivity contribution in [2.75, 3.05) is 7.05 Å². The molecule has 18 heavy (non-hydrogen) atoms. The summed E-state index contributed by atoms with van der Waals surface area (Å²) in [5.41, 5.74) is 4.32. The normalized spacial score (nSPS) is 12.7. The van der Waals surface area contributed by atoms with Gasteiger partial charge in [0.2, 0.25) is 0 Å². The molecule has 0 radical (unpaired) electrons. The molecule has 2 rings (SSSR count). The van der Waals surface area contributed by atoms with E-state index in [2.05, 4.69) is 10.4 Å². The summed E-state index contributed by atoms with van der Waals surface area (Å²) in [6, 6.07) is 6.63. The first-order valence-corrected chi connectivity index (χ1v) is 5.97. The summed E-state index contributed by atoms with van der Waals surface area (Å²) < 4.78 is 14.9. The molecule has 0 amide bonds. The van der Waals surface area contributed by atoms with E-state index < -0.39 is 0 Å². The van der Waals surface area contributed by atoms with Gasteiger partial charge in [-0.25, -0.2) is 4.39 Å². The molecule has 1 unspecified atom stereocenters. The Balaban J connectivity index is 2.48. The summed E-state index contributed by atoms with van der Waals surface area (Å²) in [7, 11) is 3.84. The molecular formula is C14H18FN3. The highest BCUT2D eigenvalue weighted by Gasteiger charge is 2.20. The van der Waals surface area contributed by atoms with E-state index in [1.165, 1.54) is 12.1 Å². The number of hydrogen-bond donors (Lipinski definition) is 1. The number of nitrogens with one attached hydrogen (secondary N) is 1. The molecular weight excluding hydrogens is 229 g/mol. The number of rotatable bonds is 3. The van der Waals surface area contributed by atoms with E-state index in [0.717, 1.165) is 22.5 Å². The molecule has 0 aliphatic heterocycles. The lowest BCUT2D eigenvalue weighted by molar-refractivity contribution is 0.623. The van der Waals surface area contributed by atoms with Crippen molar-refractivity contribution in [1.82, 2.24) is 15.1 Å². The Morgan fingerprint density at radius 3 is 2.28 bits per heavy atom. The molecule has 4 heteroatoms. The minimum absolute atomic E-state index is 0.0410. The van der Waals surface area contributed by atoms with Crippen molar-refractivity contribution >= 4 is 0 Å². The molecule has 1 atom stereocenters. The molecule has 1 N–H and O–H groups in total. The average molecular weight is 247 g/mol. The average Bonchev–Trinajstić information content (AvgIpc) is 2.59. The van der Waals surface area contributed by atoms with Crippen LogP contribution in [0.25, 0.3) is 0 Å². The number of aromatic nitrogens is 2. The molecule has 96 valence electrons. The topological polar surface area (TPSA) is 29.9 Å². The molecule has 0 aliphatic rings. The largest absolute Gasteiger partial charge is 0.309 e. The minimum atomic E-state index is -0.215. The zero-order valence-electron chi connectivity index (χ0n) is 11.2. The van der Waals surface area contributed by atoms with Gasteiger partial charge in [0.05, 0.1) is 11.7 Å². The third kappa shape index (κ3) is 2.16. The Bertz CT molecular complexity index is 543. The summed E-state index contributed by atoms with van der Waals surface area (Å²) >= 11 is 0. The summed E-state index contributed by atoms with van der Waals surface area (Å²) in [6.07, 6.45) is 0. The standard InChI is InChI=1S/C14H18FN3/c1-9-13(10(2)18(4)17-9)14(16-3)11-5-7-12(15)8-6-11/h5-8,14,16H,1-4H3. The van der Waals surface area contributed by atoms with E-state index in [-0.39, 0.29) is 11.9 Å². The second-order valence-electron chi connectivity index (χ2n) is 4.48. The van der Waals surface area contributed by atoms with E-state index in [9.17, 15) is 4.39 Å². The number of hydrogen-bond acceptors (Lipinski definition) is 2. The molecule has 0 spiro atoms. The van der Waals surface area contributed by atoms with Crippen LogP contribution in [0.2, 0.25) is 0 Å². The molecule has 0 fully saturated rings. The Labute approximate surface area is 107 Å². The van der Waals surface area contributed by atoms with Gasteiger partial charge in [0.1, 0.15) is 5.82 Å². The van der Waals surface area contributed by atoms with Gasteiger partial charge in [0.25, 0.3) is 0 Å².